The number of nitrogens with one attached hydrogen (secondary N) is 1. The van der Waals surface area contributed by atoms with E-state index < -0.39 is 0 Å². The number of halogens is 3. The number of anilines is 1. The van der Waals surface area contributed by atoms with Crippen LogP contribution in [0.4, 0.5) is 5.69 Å². The molecular formula is C20H12Cl3N3O. The van der Waals surface area contributed by atoms with Crippen LogP contribution in [0.2, 0.25) is 15.1 Å². The number of hydrogen-bond acceptors (Lipinski definition) is 2. The average Bonchev–Trinajstić information content (AvgIpc) is 3.05. The highest BCUT2D eigenvalue weighted by Gasteiger charge is 2.12. The predicted octanol–water partition coefficient (Wildman–Crippen LogP) is 6.21. The summed E-state index contributed by atoms with van der Waals surface area (Å²) >= 11 is 18.0. The summed E-state index contributed by atoms with van der Waals surface area (Å²) < 4.78 is 1.86. The topological polar surface area (TPSA) is 46.4 Å². The smallest absolute Gasteiger partial charge is 0.257 e. The standard InChI is InChI=1S/C20H12Cl3N3O/c21-13-4-6-16(17(23)9-13)20(27)24-15-3-1-2-12(8-15)18-11-26-10-14(22)5-7-19(26)25-18/h1-11H,(H,24,27). The van der Waals surface area contributed by atoms with Crippen LogP contribution in [0.25, 0.3) is 16.9 Å². The van der Waals surface area contributed by atoms with E-state index in [0.29, 0.717) is 26.3 Å². The molecule has 1 N–H and O–H groups in total. The Kier molecular flexibility index (Phi) is 4.79. The lowest BCUT2D eigenvalue weighted by Crippen LogP contribution is -2.12. The van der Waals surface area contributed by atoms with Crippen LogP contribution in [0, 0.1) is 0 Å². The molecule has 0 saturated heterocycles. The van der Waals surface area contributed by atoms with Gasteiger partial charge in [0.05, 0.1) is 21.3 Å². The number of imidazole rings is 1. The molecule has 4 aromatic rings. The number of aromatic nitrogens is 2. The number of carbonyl (C=O) groups excluding carboxylic acids is 1. The van der Waals surface area contributed by atoms with Crippen LogP contribution >= 0.6 is 34.8 Å². The summed E-state index contributed by atoms with van der Waals surface area (Å²) in [6.45, 7) is 0. The van der Waals surface area contributed by atoms with E-state index in [1.54, 1.807) is 30.5 Å². The van der Waals surface area contributed by atoms with Crippen molar-refractivity contribution in [3.63, 3.8) is 0 Å². The SMILES string of the molecule is O=C(Nc1cccc(-c2cn3cc(Cl)ccc3n2)c1)c1ccc(Cl)cc1Cl. The number of pyridine rings is 1. The summed E-state index contributed by atoms with van der Waals surface area (Å²) in [5.74, 6) is -0.310. The maximum Gasteiger partial charge on any atom is 0.257 e. The predicted molar refractivity (Wildman–Crippen MR) is 110 cm³/mol. The van der Waals surface area contributed by atoms with E-state index in [0.717, 1.165) is 16.9 Å². The quantitative estimate of drug-likeness (QED) is 0.431. The molecule has 27 heavy (non-hydrogen) atoms. The van der Waals surface area contributed by atoms with Crippen LogP contribution in [-0.2, 0) is 0 Å². The minimum Gasteiger partial charge on any atom is -0.322 e. The zero-order valence-electron chi connectivity index (χ0n) is 13.8. The van der Waals surface area contributed by atoms with Gasteiger partial charge in [-0.3, -0.25) is 4.79 Å². The van der Waals surface area contributed by atoms with Crippen molar-refractivity contribution in [3.8, 4) is 11.3 Å². The first-order chi connectivity index (χ1) is 13.0. The molecule has 2 heterocycles. The van der Waals surface area contributed by atoms with E-state index >= 15 is 0 Å². The van der Waals surface area contributed by atoms with Crippen molar-refractivity contribution in [2.45, 2.75) is 0 Å². The van der Waals surface area contributed by atoms with Crippen LogP contribution in [0.5, 0.6) is 0 Å². The van der Waals surface area contributed by atoms with Crippen molar-refractivity contribution in [2.75, 3.05) is 5.32 Å². The molecule has 134 valence electrons. The Bertz CT molecular complexity index is 1170. The van der Waals surface area contributed by atoms with Crippen molar-refractivity contribution < 1.29 is 4.79 Å². The Balaban J connectivity index is 1.62. The Morgan fingerprint density at radius 1 is 0.926 bits per heavy atom. The molecule has 7 heteroatoms. The van der Waals surface area contributed by atoms with Gasteiger partial charge in [-0.1, -0.05) is 46.9 Å². The van der Waals surface area contributed by atoms with E-state index in [4.69, 9.17) is 34.8 Å². The first kappa shape index (κ1) is 17.9. The highest BCUT2D eigenvalue weighted by Crippen LogP contribution is 2.25. The van der Waals surface area contributed by atoms with E-state index in [-0.39, 0.29) is 5.91 Å². The Hall–Kier alpha value is -2.53. The third-order valence-electron chi connectivity index (χ3n) is 4.01. The number of nitrogens with zero attached hydrogens (tertiary/aromatic N) is 2. The van der Waals surface area contributed by atoms with Crippen molar-refractivity contribution in [2.24, 2.45) is 0 Å². The molecule has 0 radical (unpaired) electrons. The van der Waals surface area contributed by atoms with E-state index in [1.165, 1.54) is 6.07 Å². The lowest BCUT2D eigenvalue weighted by molar-refractivity contribution is 0.102. The Labute approximate surface area is 170 Å². The zero-order chi connectivity index (χ0) is 19.0. The monoisotopic (exact) mass is 415 g/mol. The summed E-state index contributed by atoms with van der Waals surface area (Å²) in [6, 6.07) is 15.8. The Morgan fingerprint density at radius 3 is 2.56 bits per heavy atom. The summed E-state index contributed by atoms with van der Waals surface area (Å²) in [6.07, 6.45) is 3.68. The van der Waals surface area contributed by atoms with E-state index in [9.17, 15) is 4.79 Å². The molecular weight excluding hydrogens is 405 g/mol. The summed E-state index contributed by atoms with van der Waals surface area (Å²) in [5.41, 5.74) is 3.43. The Morgan fingerprint density at radius 2 is 1.74 bits per heavy atom. The minimum atomic E-state index is -0.310. The molecule has 0 aliphatic rings. The molecule has 0 aliphatic carbocycles. The van der Waals surface area contributed by atoms with E-state index in [2.05, 4.69) is 10.3 Å². The number of benzene rings is 2. The van der Waals surface area contributed by atoms with Crippen molar-refractivity contribution in [3.05, 3.63) is 87.6 Å². The van der Waals surface area contributed by atoms with Crippen molar-refractivity contribution >= 4 is 52.0 Å². The largest absolute Gasteiger partial charge is 0.322 e. The van der Waals surface area contributed by atoms with E-state index in [1.807, 2.05) is 34.9 Å². The second-order valence-electron chi connectivity index (χ2n) is 5.90. The molecule has 4 nitrogen and oxygen atoms in total. The van der Waals surface area contributed by atoms with Crippen LogP contribution in [-0.4, -0.2) is 15.3 Å². The molecule has 2 aromatic heterocycles. The summed E-state index contributed by atoms with van der Waals surface area (Å²) in [4.78, 5) is 17.1. The van der Waals surface area contributed by atoms with Crippen molar-refractivity contribution in [1.82, 2.24) is 9.38 Å². The van der Waals surface area contributed by atoms with Gasteiger partial charge in [0.1, 0.15) is 5.65 Å². The number of carbonyl (C=O) groups is 1. The van der Waals surface area contributed by atoms with Gasteiger partial charge in [0.25, 0.3) is 5.91 Å². The molecule has 0 aliphatic heterocycles. The highest BCUT2D eigenvalue weighted by atomic mass is 35.5. The molecule has 0 saturated carbocycles. The first-order valence-corrected chi connectivity index (χ1v) is 9.14. The fourth-order valence-electron chi connectivity index (χ4n) is 2.73. The highest BCUT2D eigenvalue weighted by molar-refractivity contribution is 6.37. The lowest BCUT2D eigenvalue weighted by atomic mass is 10.1. The molecule has 4 rings (SSSR count). The fraction of sp³-hybridized carbons (Fsp3) is 0. The van der Waals surface area contributed by atoms with Crippen LogP contribution in [0.1, 0.15) is 10.4 Å². The molecule has 0 atom stereocenters. The van der Waals surface area contributed by atoms with Gasteiger partial charge >= 0.3 is 0 Å². The van der Waals surface area contributed by atoms with Gasteiger partial charge in [-0.25, -0.2) is 4.98 Å². The van der Waals surface area contributed by atoms with Crippen LogP contribution < -0.4 is 5.32 Å². The van der Waals surface area contributed by atoms with Crippen LogP contribution in [0.3, 0.4) is 0 Å². The van der Waals surface area contributed by atoms with Gasteiger partial charge in [-0.05, 0) is 42.5 Å². The molecule has 1 amide bonds. The number of rotatable bonds is 3. The molecule has 2 aromatic carbocycles. The van der Waals surface area contributed by atoms with Gasteiger partial charge in [0, 0.05) is 28.7 Å². The van der Waals surface area contributed by atoms with Gasteiger partial charge in [0.15, 0.2) is 0 Å². The third kappa shape index (κ3) is 3.78. The normalized spacial score (nSPS) is 10.9. The zero-order valence-corrected chi connectivity index (χ0v) is 16.1. The molecule has 0 spiro atoms. The van der Waals surface area contributed by atoms with Gasteiger partial charge < -0.3 is 9.72 Å². The maximum absolute atomic E-state index is 12.5. The molecule has 0 fully saturated rings. The average molecular weight is 417 g/mol. The van der Waals surface area contributed by atoms with Crippen molar-refractivity contribution in [1.29, 1.82) is 0 Å². The second-order valence-corrected chi connectivity index (χ2v) is 7.18. The van der Waals surface area contributed by atoms with Crippen LogP contribution in [0.15, 0.2) is 67.0 Å². The third-order valence-corrected chi connectivity index (χ3v) is 4.78. The summed E-state index contributed by atoms with van der Waals surface area (Å²) in [5, 5.41) is 4.26. The van der Waals surface area contributed by atoms with Gasteiger partial charge in [-0.2, -0.15) is 0 Å². The summed E-state index contributed by atoms with van der Waals surface area (Å²) in [7, 11) is 0. The molecule has 0 bridgehead atoms. The maximum atomic E-state index is 12.5. The fourth-order valence-corrected chi connectivity index (χ4v) is 3.39. The lowest BCUT2D eigenvalue weighted by Gasteiger charge is -2.08. The second kappa shape index (κ2) is 7.24. The molecule has 0 unspecified atom stereocenters. The first-order valence-electron chi connectivity index (χ1n) is 8.01. The number of hydrogen-bond donors (Lipinski definition) is 1. The number of amides is 1. The minimum absolute atomic E-state index is 0.299. The van der Waals surface area contributed by atoms with Gasteiger partial charge in [-0.15, -0.1) is 0 Å². The number of fused-ring (bicyclic) bond motifs is 1. The van der Waals surface area contributed by atoms with Gasteiger partial charge in [0.2, 0.25) is 0 Å².